The molecule has 0 rings (SSSR count). The molecule has 70 valence electrons. The average molecular weight is 176 g/mol. The summed E-state index contributed by atoms with van der Waals surface area (Å²) in [4.78, 5) is 21.5. The Morgan fingerprint density at radius 2 is 1.58 bits per heavy atom. The third-order valence-electron chi connectivity index (χ3n) is 1.49. The summed E-state index contributed by atoms with van der Waals surface area (Å²) < 4.78 is 8.55. The minimum absolute atomic E-state index is 0.645. The molecule has 0 aromatic carbocycles. The zero-order valence-electron chi connectivity index (χ0n) is 7.23. The summed E-state index contributed by atoms with van der Waals surface area (Å²) >= 11 is 0. The molecule has 0 saturated heterocycles. The van der Waals surface area contributed by atoms with Crippen molar-refractivity contribution < 1.29 is 24.2 Å². The summed E-state index contributed by atoms with van der Waals surface area (Å²) in [6, 6.07) is 0. The number of aliphatic hydroxyl groups excluding tert-OH is 1. The summed E-state index contributed by atoms with van der Waals surface area (Å²) in [6.07, 6.45) is -1.46. The number of hydrogen-bond acceptors (Lipinski definition) is 5. The molecular formula is C7H12O5. The molecule has 0 amide bonds. The molecule has 1 N–H and O–H groups in total. The number of carbonyl (C=O) groups excluding carboxylic acids is 2. The van der Waals surface area contributed by atoms with Gasteiger partial charge in [0.2, 0.25) is 0 Å². The van der Waals surface area contributed by atoms with Crippen LogP contribution in [0.5, 0.6) is 0 Å². The van der Waals surface area contributed by atoms with Crippen molar-refractivity contribution >= 4 is 11.9 Å². The standard InChI is InChI=1S/C7H12O5/c1-4(6(9)11-2)5(8)7(10)12-3/h4-5,8H,1-3H3/t4-,5-/m0/s1. The first-order chi connectivity index (χ1) is 5.54. The van der Waals surface area contributed by atoms with Crippen LogP contribution in [0.1, 0.15) is 6.92 Å². The highest BCUT2D eigenvalue weighted by Gasteiger charge is 2.29. The van der Waals surface area contributed by atoms with E-state index < -0.39 is 24.0 Å². The number of carbonyl (C=O) groups is 2. The lowest BCUT2D eigenvalue weighted by Gasteiger charge is -2.13. The van der Waals surface area contributed by atoms with Gasteiger partial charge in [-0.1, -0.05) is 0 Å². The molecule has 5 heteroatoms. The number of aliphatic hydroxyl groups is 1. The molecular weight excluding hydrogens is 164 g/mol. The first kappa shape index (κ1) is 10.9. The van der Waals surface area contributed by atoms with Gasteiger partial charge in [0.1, 0.15) is 0 Å². The Morgan fingerprint density at radius 3 is 1.92 bits per heavy atom. The summed E-state index contributed by atoms with van der Waals surface area (Å²) in [6.45, 7) is 1.38. The van der Waals surface area contributed by atoms with Crippen molar-refractivity contribution in [1.29, 1.82) is 0 Å². The minimum Gasteiger partial charge on any atom is -0.469 e. The Labute approximate surface area is 70.3 Å². The Kier molecular flexibility index (Phi) is 4.28. The largest absolute Gasteiger partial charge is 0.469 e. The first-order valence-electron chi connectivity index (χ1n) is 3.38. The zero-order chi connectivity index (χ0) is 9.72. The van der Waals surface area contributed by atoms with E-state index in [2.05, 4.69) is 9.47 Å². The van der Waals surface area contributed by atoms with E-state index in [9.17, 15) is 9.59 Å². The minimum atomic E-state index is -1.46. The Bertz CT molecular complexity index is 157. The van der Waals surface area contributed by atoms with Crippen molar-refractivity contribution in [3.8, 4) is 0 Å². The molecule has 2 atom stereocenters. The molecule has 5 nitrogen and oxygen atoms in total. The normalized spacial score (nSPS) is 14.7. The molecule has 0 aliphatic carbocycles. The van der Waals surface area contributed by atoms with Crippen molar-refractivity contribution in [3.05, 3.63) is 0 Å². The molecule has 0 fully saturated rings. The topological polar surface area (TPSA) is 72.8 Å². The number of methoxy groups -OCH3 is 2. The highest BCUT2D eigenvalue weighted by molar-refractivity contribution is 5.83. The highest BCUT2D eigenvalue weighted by Crippen LogP contribution is 2.06. The van der Waals surface area contributed by atoms with Gasteiger partial charge in [-0.15, -0.1) is 0 Å². The number of ether oxygens (including phenoxy) is 2. The van der Waals surface area contributed by atoms with Crippen LogP contribution in [0.25, 0.3) is 0 Å². The van der Waals surface area contributed by atoms with Gasteiger partial charge >= 0.3 is 11.9 Å². The van der Waals surface area contributed by atoms with Gasteiger partial charge in [-0.3, -0.25) is 4.79 Å². The third kappa shape index (κ3) is 2.50. The van der Waals surface area contributed by atoms with Gasteiger partial charge in [0.25, 0.3) is 0 Å². The lowest BCUT2D eigenvalue weighted by atomic mass is 10.1. The van der Waals surface area contributed by atoms with Crippen LogP contribution in [-0.4, -0.2) is 37.4 Å². The van der Waals surface area contributed by atoms with Crippen LogP contribution < -0.4 is 0 Å². The van der Waals surface area contributed by atoms with Crippen LogP contribution in [0.3, 0.4) is 0 Å². The monoisotopic (exact) mass is 176 g/mol. The molecule has 0 radical (unpaired) electrons. The predicted molar refractivity (Wildman–Crippen MR) is 39.2 cm³/mol. The van der Waals surface area contributed by atoms with Crippen LogP contribution in [0.15, 0.2) is 0 Å². The van der Waals surface area contributed by atoms with Gasteiger partial charge in [-0.2, -0.15) is 0 Å². The smallest absolute Gasteiger partial charge is 0.335 e. The van der Waals surface area contributed by atoms with Gasteiger partial charge < -0.3 is 14.6 Å². The quantitative estimate of drug-likeness (QED) is 0.577. The zero-order valence-corrected chi connectivity index (χ0v) is 7.23. The molecule has 0 aromatic heterocycles. The van der Waals surface area contributed by atoms with Gasteiger partial charge in [-0.05, 0) is 6.92 Å². The fourth-order valence-corrected chi connectivity index (χ4v) is 0.640. The van der Waals surface area contributed by atoms with Crippen molar-refractivity contribution in [2.45, 2.75) is 13.0 Å². The van der Waals surface area contributed by atoms with Gasteiger partial charge in [-0.25, -0.2) is 4.79 Å². The molecule has 0 unspecified atom stereocenters. The second-order valence-electron chi connectivity index (χ2n) is 2.28. The van der Waals surface area contributed by atoms with Crippen molar-refractivity contribution in [3.63, 3.8) is 0 Å². The highest BCUT2D eigenvalue weighted by atomic mass is 16.5. The van der Waals surface area contributed by atoms with Crippen molar-refractivity contribution in [2.75, 3.05) is 14.2 Å². The molecule has 0 aliphatic heterocycles. The SMILES string of the molecule is COC(=O)[C@@H](C)[C@H](O)C(=O)OC. The Balaban J connectivity index is 4.18. The van der Waals surface area contributed by atoms with E-state index in [-0.39, 0.29) is 0 Å². The molecule has 0 spiro atoms. The molecule has 0 heterocycles. The van der Waals surface area contributed by atoms with Crippen LogP contribution in [0.4, 0.5) is 0 Å². The second kappa shape index (κ2) is 4.71. The summed E-state index contributed by atoms with van der Waals surface area (Å²) in [7, 11) is 2.32. The van der Waals surface area contributed by atoms with E-state index in [0.29, 0.717) is 0 Å². The van der Waals surface area contributed by atoms with Gasteiger partial charge in [0.15, 0.2) is 6.10 Å². The third-order valence-corrected chi connectivity index (χ3v) is 1.49. The molecule has 0 saturated carbocycles. The first-order valence-corrected chi connectivity index (χ1v) is 3.38. The fourth-order valence-electron chi connectivity index (χ4n) is 0.640. The summed E-state index contributed by atoms with van der Waals surface area (Å²) in [5.74, 6) is -2.39. The second-order valence-corrected chi connectivity index (χ2v) is 2.28. The average Bonchev–Trinajstić information content (AvgIpc) is 2.12. The van der Waals surface area contributed by atoms with Gasteiger partial charge in [0, 0.05) is 0 Å². The number of rotatable bonds is 3. The molecule has 0 bridgehead atoms. The number of hydrogen-bond donors (Lipinski definition) is 1. The van der Waals surface area contributed by atoms with Crippen LogP contribution in [0, 0.1) is 5.92 Å². The number of esters is 2. The fraction of sp³-hybridized carbons (Fsp3) is 0.714. The van der Waals surface area contributed by atoms with E-state index in [1.807, 2.05) is 0 Å². The van der Waals surface area contributed by atoms with E-state index in [1.54, 1.807) is 0 Å². The van der Waals surface area contributed by atoms with Crippen LogP contribution in [-0.2, 0) is 19.1 Å². The lowest BCUT2D eigenvalue weighted by molar-refractivity contribution is -0.162. The maximum atomic E-state index is 10.8. The molecule has 12 heavy (non-hydrogen) atoms. The maximum Gasteiger partial charge on any atom is 0.335 e. The summed E-state index contributed by atoms with van der Waals surface area (Å²) in [5, 5.41) is 9.11. The van der Waals surface area contributed by atoms with E-state index >= 15 is 0 Å². The summed E-state index contributed by atoms with van der Waals surface area (Å²) in [5.41, 5.74) is 0. The molecule has 0 aliphatic rings. The van der Waals surface area contributed by atoms with Crippen molar-refractivity contribution in [1.82, 2.24) is 0 Å². The lowest BCUT2D eigenvalue weighted by Crippen LogP contribution is -2.34. The molecule has 0 aromatic rings. The van der Waals surface area contributed by atoms with Crippen LogP contribution >= 0.6 is 0 Å². The van der Waals surface area contributed by atoms with E-state index in [1.165, 1.54) is 14.0 Å². The Hall–Kier alpha value is -1.10. The van der Waals surface area contributed by atoms with Crippen molar-refractivity contribution in [2.24, 2.45) is 5.92 Å². The maximum absolute atomic E-state index is 10.8. The predicted octanol–water partition coefficient (Wildman–Crippen LogP) is -0.671. The van der Waals surface area contributed by atoms with E-state index in [0.717, 1.165) is 7.11 Å². The van der Waals surface area contributed by atoms with Gasteiger partial charge in [0.05, 0.1) is 20.1 Å². The van der Waals surface area contributed by atoms with E-state index in [4.69, 9.17) is 5.11 Å². The van der Waals surface area contributed by atoms with Crippen LogP contribution in [0.2, 0.25) is 0 Å². The Morgan fingerprint density at radius 1 is 1.17 bits per heavy atom.